The third-order valence-electron chi connectivity index (χ3n) is 3.96. The summed E-state index contributed by atoms with van der Waals surface area (Å²) < 4.78 is 1.74. The van der Waals surface area contributed by atoms with Gasteiger partial charge in [-0.2, -0.15) is 5.10 Å². The third-order valence-corrected chi connectivity index (χ3v) is 4.43. The lowest BCUT2D eigenvalue weighted by Gasteiger charge is -2.18. The van der Waals surface area contributed by atoms with Gasteiger partial charge in [0, 0.05) is 18.7 Å². The zero-order valence-electron chi connectivity index (χ0n) is 12.8. The summed E-state index contributed by atoms with van der Waals surface area (Å²) in [4.78, 5) is 0. The maximum absolute atomic E-state index is 6.33. The Morgan fingerprint density at radius 1 is 1.25 bits per heavy atom. The van der Waals surface area contributed by atoms with Gasteiger partial charge in [0.25, 0.3) is 0 Å². The van der Waals surface area contributed by atoms with E-state index in [1.54, 1.807) is 4.68 Å². The third kappa shape index (κ3) is 2.89. The van der Waals surface area contributed by atoms with E-state index in [-0.39, 0.29) is 6.04 Å². The van der Waals surface area contributed by atoms with Crippen molar-refractivity contribution in [1.29, 1.82) is 0 Å². The van der Waals surface area contributed by atoms with Gasteiger partial charge in [0.15, 0.2) is 0 Å². The molecule has 1 unspecified atom stereocenters. The number of likely N-dealkylation sites (N-methyl/N-ethyl adjacent to an activating group) is 1. The largest absolute Gasteiger partial charge is 0.313 e. The van der Waals surface area contributed by atoms with Crippen LogP contribution in [0.25, 0.3) is 0 Å². The molecule has 1 aromatic carbocycles. The van der Waals surface area contributed by atoms with E-state index in [4.69, 9.17) is 11.6 Å². The first kappa shape index (κ1) is 15.1. The highest BCUT2D eigenvalue weighted by atomic mass is 35.5. The average Bonchev–Trinajstić information content (AvgIpc) is 2.65. The summed E-state index contributed by atoms with van der Waals surface area (Å²) in [5, 5.41) is 8.49. The number of hydrogen-bond acceptors (Lipinski definition) is 2. The minimum absolute atomic E-state index is 0.245. The second kappa shape index (κ2) is 5.98. The molecule has 1 N–H and O–H groups in total. The molecule has 0 aliphatic carbocycles. The van der Waals surface area contributed by atoms with Gasteiger partial charge in [-0.1, -0.05) is 29.8 Å². The Balaban J connectivity index is 2.31. The van der Waals surface area contributed by atoms with Crippen molar-refractivity contribution in [3.05, 3.63) is 51.3 Å². The smallest absolute Gasteiger partial charge is 0.130 e. The van der Waals surface area contributed by atoms with Crippen LogP contribution in [0, 0.1) is 20.8 Å². The number of halogens is 1. The van der Waals surface area contributed by atoms with Crippen LogP contribution in [0.15, 0.2) is 18.2 Å². The summed E-state index contributed by atoms with van der Waals surface area (Å²) in [5.74, 6) is 0. The van der Waals surface area contributed by atoms with E-state index in [0.29, 0.717) is 0 Å². The van der Waals surface area contributed by atoms with Crippen molar-refractivity contribution in [3.63, 3.8) is 0 Å². The molecule has 1 aromatic heterocycles. The Hall–Kier alpha value is -1.32. The molecule has 0 bridgehead atoms. The maximum Gasteiger partial charge on any atom is 0.130 e. The fourth-order valence-corrected chi connectivity index (χ4v) is 2.73. The highest BCUT2D eigenvalue weighted by Crippen LogP contribution is 2.26. The number of nitrogens with one attached hydrogen (secondary N) is 1. The number of aromatic nitrogens is 2. The van der Waals surface area contributed by atoms with Crippen molar-refractivity contribution in [2.24, 2.45) is 7.05 Å². The lowest BCUT2D eigenvalue weighted by molar-refractivity contribution is 0.590. The quantitative estimate of drug-likeness (QED) is 0.934. The van der Waals surface area contributed by atoms with Crippen molar-refractivity contribution >= 4 is 11.6 Å². The summed E-state index contributed by atoms with van der Waals surface area (Å²) in [6.45, 7) is 6.29. The van der Waals surface area contributed by atoms with Crippen LogP contribution in [-0.2, 0) is 13.5 Å². The molecule has 0 radical (unpaired) electrons. The van der Waals surface area contributed by atoms with Crippen molar-refractivity contribution < 1.29 is 0 Å². The van der Waals surface area contributed by atoms with E-state index < -0.39 is 0 Å². The van der Waals surface area contributed by atoms with Crippen molar-refractivity contribution in [2.75, 3.05) is 7.05 Å². The minimum Gasteiger partial charge on any atom is -0.313 e. The Morgan fingerprint density at radius 3 is 2.45 bits per heavy atom. The van der Waals surface area contributed by atoms with Crippen molar-refractivity contribution in [2.45, 2.75) is 33.2 Å². The van der Waals surface area contributed by atoms with E-state index in [1.165, 1.54) is 16.7 Å². The number of benzene rings is 1. The molecule has 0 fully saturated rings. The first-order valence-corrected chi connectivity index (χ1v) is 7.24. The summed E-state index contributed by atoms with van der Waals surface area (Å²) in [5.41, 5.74) is 6.04. The highest BCUT2D eigenvalue weighted by molar-refractivity contribution is 6.30. The Bertz CT molecular complexity index is 616. The Labute approximate surface area is 126 Å². The summed E-state index contributed by atoms with van der Waals surface area (Å²) in [6, 6.07) is 6.85. The van der Waals surface area contributed by atoms with Crippen LogP contribution in [0.4, 0.5) is 0 Å². The van der Waals surface area contributed by atoms with Gasteiger partial charge in [-0.3, -0.25) is 4.68 Å². The molecule has 0 aliphatic heterocycles. The van der Waals surface area contributed by atoms with Crippen LogP contribution in [-0.4, -0.2) is 16.8 Å². The number of rotatable bonds is 4. The van der Waals surface area contributed by atoms with Gasteiger partial charge < -0.3 is 5.32 Å². The first-order chi connectivity index (χ1) is 9.43. The van der Waals surface area contributed by atoms with Gasteiger partial charge in [0.2, 0.25) is 0 Å². The molecule has 2 aromatic rings. The molecule has 20 heavy (non-hydrogen) atoms. The van der Waals surface area contributed by atoms with Crippen LogP contribution in [0.3, 0.4) is 0 Å². The lowest BCUT2D eigenvalue weighted by atomic mass is 9.96. The summed E-state index contributed by atoms with van der Waals surface area (Å²) >= 11 is 6.33. The SMILES string of the molecule is CNC(Cc1c(C)nn(C)c1Cl)c1ccc(C)c(C)c1. The van der Waals surface area contributed by atoms with Gasteiger partial charge in [-0.05, 0) is 50.9 Å². The maximum atomic E-state index is 6.33. The van der Waals surface area contributed by atoms with Gasteiger partial charge in [-0.25, -0.2) is 0 Å². The van der Waals surface area contributed by atoms with Gasteiger partial charge in [0.05, 0.1) is 5.69 Å². The van der Waals surface area contributed by atoms with Crippen molar-refractivity contribution in [1.82, 2.24) is 15.1 Å². The Kier molecular flexibility index (Phi) is 4.51. The first-order valence-electron chi connectivity index (χ1n) is 6.86. The van der Waals surface area contributed by atoms with E-state index in [2.05, 4.69) is 42.5 Å². The molecule has 0 saturated carbocycles. The normalized spacial score (nSPS) is 12.7. The minimum atomic E-state index is 0.245. The fraction of sp³-hybridized carbons (Fsp3) is 0.438. The summed E-state index contributed by atoms with van der Waals surface area (Å²) in [6.07, 6.45) is 0.845. The standard InChI is InChI=1S/C16H22ClN3/c1-10-6-7-13(8-11(10)2)15(18-4)9-14-12(3)19-20(5)16(14)17/h6-8,15,18H,9H2,1-5H3. The molecule has 0 aliphatic rings. The zero-order chi connectivity index (χ0) is 14.9. The van der Waals surface area contributed by atoms with Gasteiger partial charge in [-0.15, -0.1) is 0 Å². The Morgan fingerprint density at radius 2 is 1.95 bits per heavy atom. The van der Waals surface area contributed by atoms with Crippen LogP contribution in [0.1, 0.15) is 34.0 Å². The van der Waals surface area contributed by atoms with E-state index in [0.717, 1.165) is 22.8 Å². The van der Waals surface area contributed by atoms with Crippen LogP contribution < -0.4 is 5.32 Å². The molecule has 2 rings (SSSR count). The molecule has 1 heterocycles. The van der Waals surface area contributed by atoms with Crippen molar-refractivity contribution in [3.8, 4) is 0 Å². The van der Waals surface area contributed by atoms with E-state index >= 15 is 0 Å². The topological polar surface area (TPSA) is 29.9 Å². The lowest BCUT2D eigenvalue weighted by Crippen LogP contribution is -2.19. The summed E-state index contributed by atoms with van der Waals surface area (Å²) in [7, 11) is 3.86. The second-order valence-corrected chi connectivity index (χ2v) is 5.73. The molecule has 1 atom stereocenters. The second-order valence-electron chi connectivity index (χ2n) is 5.37. The predicted octanol–water partition coefficient (Wildman–Crippen LogP) is 3.50. The van der Waals surface area contributed by atoms with Gasteiger partial charge >= 0.3 is 0 Å². The predicted molar refractivity (Wildman–Crippen MR) is 84.4 cm³/mol. The van der Waals surface area contributed by atoms with E-state index in [9.17, 15) is 0 Å². The molecular weight excluding hydrogens is 270 g/mol. The molecule has 3 nitrogen and oxygen atoms in total. The molecule has 108 valence electrons. The fourth-order valence-electron chi connectivity index (χ4n) is 2.48. The number of aryl methyl sites for hydroxylation is 4. The molecule has 4 heteroatoms. The monoisotopic (exact) mass is 291 g/mol. The molecule has 0 saturated heterocycles. The van der Waals surface area contributed by atoms with Gasteiger partial charge in [0.1, 0.15) is 5.15 Å². The molecule has 0 amide bonds. The number of hydrogen-bond donors (Lipinski definition) is 1. The number of nitrogens with zero attached hydrogens (tertiary/aromatic N) is 2. The van der Waals surface area contributed by atoms with E-state index in [1.807, 2.05) is 21.0 Å². The van der Waals surface area contributed by atoms with Crippen LogP contribution in [0.2, 0.25) is 5.15 Å². The average molecular weight is 292 g/mol. The molecular formula is C16H22ClN3. The zero-order valence-corrected chi connectivity index (χ0v) is 13.5. The highest BCUT2D eigenvalue weighted by Gasteiger charge is 2.17. The van der Waals surface area contributed by atoms with Crippen LogP contribution in [0.5, 0.6) is 0 Å². The van der Waals surface area contributed by atoms with Crippen LogP contribution >= 0.6 is 11.6 Å². The molecule has 0 spiro atoms.